The van der Waals surface area contributed by atoms with Crippen LogP contribution in [0.25, 0.3) is 0 Å². The molecule has 7 nitrogen and oxygen atoms in total. The number of hydrogen-bond donors (Lipinski definition) is 1. The Labute approximate surface area is 143 Å². The van der Waals surface area contributed by atoms with E-state index in [9.17, 15) is 4.79 Å². The summed E-state index contributed by atoms with van der Waals surface area (Å²) in [4.78, 5) is 25.5. The van der Waals surface area contributed by atoms with Crippen LogP contribution in [0, 0.1) is 0 Å². The van der Waals surface area contributed by atoms with E-state index in [1.54, 1.807) is 5.38 Å². The fourth-order valence-electron chi connectivity index (χ4n) is 2.49. The Hall–Kier alpha value is -1.58. The highest BCUT2D eigenvalue weighted by Gasteiger charge is 2.23. The largest absolute Gasteiger partial charge is 0.345 e. The Balaban J connectivity index is 1.64. The molecule has 23 heavy (non-hydrogen) atoms. The first-order chi connectivity index (χ1) is 11.2. The third-order valence-electron chi connectivity index (χ3n) is 3.77. The van der Waals surface area contributed by atoms with Crippen molar-refractivity contribution in [2.24, 2.45) is 5.73 Å². The standard InChI is InChI=1S/C14H20N6OS2/c1-2-11-17-14(23-18-11)20-5-3-4-19(6-7-20)13(21)10-9-22-12(8-15)16-10/h9H,2-8,15H2,1H3. The molecule has 0 aromatic carbocycles. The Morgan fingerprint density at radius 2 is 2.17 bits per heavy atom. The SMILES string of the molecule is CCc1nsc(N2CCCN(C(=O)c3csc(CN)n3)CC2)n1. The van der Waals surface area contributed by atoms with Crippen molar-refractivity contribution in [3.05, 3.63) is 21.9 Å². The molecule has 1 aliphatic rings. The van der Waals surface area contributed by atoms with Crippen molar-refractivity contribution in [3.63, 3.8) is 0 Å². The van der Waals surface area contributed by atoms with E-state index >= 15 is 0 Å². The third-order valence-corrected chi connectivity index (χ3v) is 5.46. The minimum atomic E-state index is -0.00527. The molecular formula is C14H20N6OS2. The van der Waals surface area contributed by atoms with Gasteiger partial charge in [0.05, 0.1) is 0 Å². The van der Waals surface area contributed by atoms with E-state index < -0.39 is 0 Å². The fourth-order valence-corrected chi connectivity index (χ4v) is 3.94. The van der Waals surface area contributed by atoms with Crippen LogP contribution in [-0.4, -0.2) is 51.3 Å². The average molecular weight is 352 g/mol. The third kappa shape index (κ3) is 3.67. The number of nitrogens with two attached hydrogens (primary N) is 1. The molecule has 1 aliphatic heterocycles. The lowest BCUT2D eigenvalue weighted by atomic mass is 10.3. The van der Waals surface area contributed by atoms with Crippen molar-refractivity contribution in [1.82, 2.24) is 19.2 Å². The number of carbonyl (C=O) groups excluding carboxylic acids is 1. The van der Waals surface area contributed by atoms with Crippen molar-refractivity contribution >= 4 is 33.9 Å². The second-order valence-corrected chi connectivity index (χ2v) is 6.98. The Morgan fingerprint density at radius 1 is 1.30 bits per heavy atom. The summed E-state index contributed by atoms with van der Waals surface area (Å²) in [5, 5.41) is 3.55. The lowest BCUT2D eigenvalue weighted by molar-refractivity contribution is 0.0762. The van der Waals surface area contributed by atoms with Gasteiger partial charge in [-0.2, -0.15) is 4.37 Å². The van der Waals surface area contributed by atoms with Crippen LogP contribution in [-0.2, 0) is 13.0 Å². The zero-order valence-corrected chi connectivity index (χ0v) is 14.7. The predicted molar refractivity (Wildman–Crippen MR) is 92.0 cm³/mol. The number of aromatic nitrogens is 3. The number of aryl methyl sites for hydroxylation is 1. The molecule has 9 heteroatoms. The number of hydrogen-bond acceptors (Lipinski definition) is 8. The molecule has 2 aromatic heterocycles. The first kappa shape index (κ1) is 16.3. The second-order valence-electron chi connectivity index (χ2n) is 5.31. The highest BCUT2D eigenvalue weighted by molar-refractivity contribution is 7.10. The molecule has 0 bridgehead atoms. The number of amides is 1. The molecular weight excluding hydrogens is 332 g/mol. The summed E-state index contributed by atoms with van der Waals surface area (Å²) in [7, 11) is 0. The van der Waals surface area contributed by atoms with E-state index in [4.69, 9.17) is 5.73 Å². The van der Waals surface area contributed by atoms with Crippen LogP contribution < -0.4 is 10.6 Å². The average Bonchev–Trinajstić information content (AvgIpc) is 3.18. The highest BCUT2D eigenvalue weighted by atomic mass is 32.1. The topological polar surface area (TPSA) is 88.2 Å². The van der Waals surface area contributed by atoms with Crippen LogP contribution in [0.2, 0.25) is 0 Å². The zero-order chi connectivity index (χ0) is 16.2. The summed E-state index contributed by atoms with van der Waals surface area (Å²) in [5.41, 5.74) is 6.07. The molecule has 3 rings (SSSR count). The van der Waals surface area contributed by atoms with Gasteiger partial charge < -0.3 is 15.5 Å². The molecule has 1 fully saturated rings. The summed E-state index contributed by atoms with van der Waals surface area (Å²) in [6.07, 6.45) is 1.77. The molecule has 2 N–H and O–H groups in total. The van der Waals surface area contributed by atoms with Gasteiger partial charge in [-0.3, -0.25) is 4.79 Å². The van der Waals surface area contributed by atoms with E-state index in [0.717, 1.165) is 48.4 Å². The highest BCUT2D eigenvalue weighted by Crippen LogP contribution is 2.20. The van der Waals surface area contributed by atoms with Gasteiger partial charge >= 0.3 is 0 Å². The summed E-state index contributed by atoms with van der Waals surface area (Å²) in [6.45, 7) is 5.52. The quantitative estimate of drug-likeness (QED) is 0.894. The minimum Gasteiger partial charge on any atom is -0.345 e. The van der Waals surface area contributed by atoms with Crippen LogP contribution in [0.5, 0.6) is 0 Å². The van der Waals surface area contributed by atoms with Crippen LogP contribution in [0.4, 0.5) is 5.13 Å². The first-order valence-electron chi connectivity index (χ1n) is 7.72. The first-order valence-corrected chi connectivity index (χ1v) is 9.37. The normalized spacial score (nSPS) is 15.7. The van der Waals surface area contributed by atoms with Gasteiger partial charge in [0.1, 0.15) is 16.5 Å². The molecule has 2 aromatic rings. The fraction of sp³-hybridized carbons (Fsp3) is 0.571. The van der Waals surface area contributed by atoms with E-state index in [2.05, 4.69) is 26.2 Å². The van der Waals surface area contributed by atoms with Gasteiger partial charge in [-0.15, -0.1) is 11.3 Å². The maximum atomic E-state index is 12.6. The number of nitrogens with zero attached hydrogens (tertiary/aromatic N) is 5. The van der Waals surface area contributed by atoms with Crippen LogP contribution in [0.1, 0.15) is 34.7 Å². The molecule has 124 valence electrons. The number of carbonyl (C=O) groups is 1. The molecule has 0 unspecified atom stereocenters. The molecule has 3 heterocycles. The van der Waals surface area contributed by atoms with Gasteiger partial charge in [-0.25, -0.2) is 9.97 Å². The monoisotopic (exact) mass is 352 g/mol. The van der Waals surface area contributed by atoms with E-state index in [1.165, 1.54) is 22.9 Å². The van der Waals surface area contributed by atoms with Gasteiger partial charge in [-0.05, 0) is 6.42 Å². The van der Waals surface area contributed by atoms with E-state index in [0.29, 0.717) is 18.8 Å². The van der Waals surface area contributed by atoms with E-state index in [-0.39, 0.29) is 5.91 Å². The lowest BCUT2D eigenvalue weighted by Gasteiger charge is -2.20. The molecule has 0 spiro atoms. The maximum absolute atomic E-state index is 12.6. The second kappa shape index (κ2) is 7.33. The van der Waals surface area contributed by atoms with Crippen molar-refractivity contribution < 1.29 is 4.79 Å². The smallest absolute Gasteiger partial charge is 0.273 e. The Kier molecular flexibility index (Phi) is 5.19. The molecule has 1 amide bonds. The molecule has 0 radical (unpaired) electrons. The summed E-state index contributed by atoms with van der Waals surface area (Å²) < 4.78 is 4.34. The Bertz CT molecular complexity index is 670. The number of thiazole rings is 1. The van der Waals surface area contributed by atoms with Crippen LogP contribution in [0.15, 0.2) is 5.38 Å². The van der Waals surface area contributed by atoms with Gasteiger partial charge in [0.25, 0.3) is 5.91 Å². The van der Waals surface area contributed by atoms with Gasteiger partial charge in [0, 0.05) is 56.1 Å². The molecule has 0 saturated carbocycles. The summed E-state index contributed by atoms with van der Waals surface area (Å²) in [5.74, 6) is 0.883. The van der Waals surface area contributed by atoms with Crippen molar-refractivity contribution in [2.45, 2.75) is 26.3 Å². The minimum absolute atomic E-state index is 0.00527. The van der Waals surface area contributed by atoms with E-state index in [1.807, 2.05) is 4.90 Å². The van der Waals surface area contributed by atoms with Crippen LogP contribution in [0.3, 0.4) is 0 Å². The predicted octanol–water partition coefficient (Wildman–Crippen LogP) is 1.37. The number of anilines is 1. The lowest BCUT2D eigenvalue weighted by Crippen LogP contribution is -2.35. The maximum Gasteiger partial charge on any atom is 0.273 e. The van der Waals surface area contributed by atoms with Crippen molar-refractivity contribution in [2.75, 3.05) is 31.1 Å². The van der Waals surface area contributed by atoms with Gasteiger partial charge in [0.15, 0.2) is 0 Å². The van der Waals surface area contributed by atoms with Crippen molar-refractivity contribution in [3.8, 4) is 0 Å². The van der Waals surface area contributed by atoms with Crippen LogP contribution >= 0.6 is 22.9 Å². The van der Waals surface area contributed by atoms with Gasteiger partial charge in [-0.1, -0.05) is 6.92 Å². The number of rotatable bonds is 4. The summed E-state index contributed by atoms with van der Waals surface area (Å²) in [6, 6.07) is 0. The summed E-state index contributed by atoms with van der Waals surface area (Å²) >= 11 is 2.88. The van der Waals surface area contributed by atoms with Gasteiger partial charge in [0.2, 0.25) is 5.13 Å². The zero-order valence-electron chi connectivity index (χ0n) is 13.1. The Morgan fingerprint density at radius 3 is 2.87 bits per heavy atom. The molecule has 0 aliphatic carbocycles. The van der Waals surface area contributed by atoms with Crippen molar-refractivity contribution in [1.29, 1.82) is 0 Å². The molecule has 0 atom stereocenters. The molecule has 1 saturated heterocycles.